The highest BCUT2D eigenvalue weighted by Gasteiger charge is 2.33. The Bertz CT molecular complexity index is 1890. The Hall–Kier alpha value is -5.21. The smallest absolute Gasteiger partial charge is 0.258 e. The number of aromatic nitrogens is 2. The number of anilines is 1. The first-order valence-corrected chi connectivity index (χ1v) is 18.5. The number of benzene rings is 2. The Balaban J connectivity index is 1.15. The molecule has 3 N–H and O–H groups in total. The van der Waals surface area contributed by atoms with E-state index in [0.717, 1.165) is 58.8 Å². The van der Waals surface area contributed by atoms with Gasteiger partial charge in [-0.2, -0.15) is 0 Å². The van der Waals surface area contributed by atoms with Gasteiger partial charge in [0.25, 0.3) is 5.91 Å². The highest BCUT2D eigenvalue weighted by atomic mass is 16.5. The molecular formula is C45H55N5O3. The van der Waals surface area contributed by atoms with E-state index in [2.05, 4.69) is 91.1 Å². The molecule has 8 nitrogen and oxygen atoms in total. The average Bonchev–Trinajstić information content (AvgIpc) is 3.13. The maximum Gasteiger partial charge on any atom is 0.258 e. The van der Waals surface area contributed by atoms with Gasteiger partial charge in [-0.05, 0) is 91.8 Å². The number of aliphatic hydroxyl groups excluding tert-OH is 1. The molecule has 1 fully saturated rings. The van der Waals surface area contributed by atoms with Crippen LogP contribution >= 0.6 is 0 Å². The molecule has 3 aromatic rings. The summed E-state index contributed by atoms with van der Waals surface area (Å²) in [5.74, 6) is 1.29. The van der Waals surface area contributed by atoms with Crippen LogP contribution in [-0.2, 0) is 11.8 Å². The van der Waals surface area contributed by atoms with Crippen molar-refractivity contribution in [3.05, 3.63) is 151 Å². The van der Waals surface area contributed by atoms with Gasteiger partial charge in [-0.25, -0.2) is 9.97 Å². The van der Waals surface area contributed by atoms with E-state index < -0.39 is 6.10 Å². The predicted octanol–water partition coefficient (Wildman–Crippen LogP) is 8.49. The van der Waals surface area contributed by atoms with Crippen LogP contribution in [0.25, 0.3) is 5.57 Å². The van der Waals surface area contributed by atoms with E-state index in [0.29, 0.717) is 24.2 Å². The van der Waals surface area contributed by atoms with Gasteiger partial charge in [0.1, 0.15) is 11.9 Å². The van der Waals surface area contributed by atoms with E-state index in [-0.39, 0.29) is 35.4 Å². The maximum atomic E-state index is 13.6. The van der Waals surface area contributed by atoms with Gasteiger partial charge >= 0.3 is 0 Å². The van der Waals surface area contributed by atoms with Crippen molar-refractivity contribution >= 4 is 17.2 Å². The largest absolute Gasteiger partial charge is 0.490 e. The number of amides is 1. The molecule has 0 saturated heterocycles. The highest BCUT2D eigenvalue weighted by Crippen LogP contribution is 2.38. The molecule has 53 heavy (non-hydrogen) atoms. The number of carbonyl (C=O) groups excluding carboxylic acids is 1. The molecule has 3 atom stereocenters. The Morgan fingerprint density at radius 1 is 1.13 bits per heavy atom. The number of likely N-dealkylation sites (N-methyl/N-ethyl adjacent to an activating group) is 1. The van der Waals surface area contributed by atoms with Crippen LogP contribution in [0.4, 0.5) is 5.69 Å². The second-order valence-corrected chi connectivity index (χ2v) is 14.8. The molecule has 8 heteroatoms. The lowest BCUT2D eigenvalue weighted by atomic mass is 9.73. The normalized spacial score (nSPS) is 19.9. The van der Waals surface area contributed by atoms with E-state index in [1.807, 2.05) is 63.4 Å². The molecule has 2 aromatic carbocycles. The van der Waals surface area contributed by atoms with Crippen molar-refractivity contribution in [3.63, 3.8) is 0 Å². The first-order valence-electron chi connectivity index (χ1n) is 18.5. The van der Waals surface area contributed by atoms with Gasteiger partial charge in [-0.1, -0.05) is 70.0 Å². The predicted molar refractivity (Wildman–Crippen MR) is 217 cm³/mol. The van der Waals surface area contributed by atoms with E-state index >= 15 is 0 Å². The van der Waals surface area contributed by atoms with Crippen LogP contribution in [0.3, 0.4) is 0 Å². The molecule has 2 aliphatic carbocycles. The molecule has 0 aliphatic heterocycles. The van der Waals surface area contributed by atoms with Crippen molar-refractivity contribution < 1.29 is 14.6 Å². The minimum atomic E-state index is -0.578. The number of allylic oxidation sites excluding steroid dienone is 4. The molecule has 0 spiro atoms. The number of hydrogen-bond acceptors (Lipinski definition) is 7. The number of aliphatic hydroxyl groups is 1. The summed E-state index contributed by atoms with van der Waals surface area (Å²) in [6.07, 6.45) is 14.7. The molecule has 1 heterocycles. The zero-order valence-corrected chi connectivity index (χ0v) is 31.9. The molecule has 0 radical (unpaired) electrons. The van der Waals surface area contributed by atoms with Crippen LogP contribution in [0.2, 0.25) is 0 Å². The minimum absolute atomic E-state index is 0.0914. The quantitative estimate of drug-likeness (QED) is 0.121. The van der Waals surface area contributed by atoms with Crippen LogP contribution < -0.4 is 15.4 Å². The summed E-state index contributed by atoms with van der Waals surface area (Å²) in [5.41, 5.74) is 7.03. The van der Waals surface area contributed by atoms with E-state index in [9.17, 15) is 9.90 Å². The van der Waals surface area contributed by atoms with Crippen molar-refractivity contribution in [1.82, 2.24) is 20.2 Å². The fourth-order valence-electron chi connectivity index (χ4n) is 7.02. The van der Waals surface area contributed by atoms with Crippen LogP contribution in [0.15, 0.2) is 123 Å². The number of hydrogen-bond donors (Lipinski definition) is 3. The van der Waals surface area contributed by atoms with E-state index in [1.165, 1.54) is 5.56 Å². The van der Waals surface area contributed by atoms with Gasteiger partial charge in [-0.3, -0.25) is 4.79 Å². The molecule has 3 unspecified atom stereocenters. The number of rotatable bonds is 17. The summed E-state index contributed by atoms with van der Waals surface area (Å²) in [5, 5.41) is 17.5. The number of ether oxygens (including phenoxy) is 1. The fourth-order valence-corrected chi connectivity index (χ4v) is 7.02. The van der Waals surface area contributed by atoms with E-state index in [4.69, 9.17) is 4.74 Å². The van der Waals surface area contributed by atoms with Gasteiger partial charge in [0.15, 0.2) is 5.82 Å². The molecule has 1 saturated carbocycles. The summed E-state index contributed by atoms with van der Waals surface area (Å²) < 4.78 is 6.35. The standard InChI is InChI=1S/C45H55N5O3/c1-10-12-13-41(31(6)46-9)50(11-2)44(52)40-20-17-35(24-30(40)5)48-37-27-39(28-37)53-38-18-14-33(15-19-38)45(7,8)34-16-21-42(51)32(25-34)26-36-22-23-47-43(49-36)29(3)4/h10-11,14-25,32,37,39,41-42,46,48,51H,1-3,6,12-13,26-28H2,4-5,7-9H3. The third-order valence-electron chi connectivity index (χ3n) is 10.5. The van der Waals surface area contributed by atoms with Crippen LogP contribution in [-0.4, -0.2) is 57.2 Å². The number of carbonyl (C=O) groups is 1. The first kappa shape index (κ1) is 39.0. The van der Waals surface area contributed by atoms with E-state index in [1.54, 1.807) is 17.3 Å². The molecule has 0 bridgehead atoms. The van der Waals surface area contributed by atoms with Crippen molar-refractivity contribution in [2.24, 2.45) is 5.92 Å². The Labute approximate surface area is 315 Å². The SMILES string of the molecule is C=CCCC(C(=C)NC)N(C=C)C(=O)c1ccc(NC2CC(Oc3ccc(C(C)(C)C4=CC(Cc5ccnc(C(=C)C)n5)C(O)C=C4)cc3)C2)cc1C. The second kappa shape index (κ2) is 17.1. The van der Waals surface area contributed by atoms with Gasteiger partial charge < -0.3 is 25.4 Å². The van der Waals surface area contributed by atoms with Crippen LogP contribution in [0.5, 0.6) is 5.75 Å². The monoisotopic (exact) mass is 713 g/mol. The van der Waals surface area contributed by atoms with Crippen molar-refractivity contribution in [2.75, 3.05) is 12.4 Å². The molecule has 2 aliphatic rings. The number of nitrogens with one attached hydrogen (secondary N) is 2. The first-order chi connectivity index (χ1) is 25.3. The number of nitrogens with zero attached hydrogens (tertiary/aromatic N) is 3. The molecule has 1 aromatic heterocycles. The minimum Gasteiger partial charge on any atom is -0.490 e. The Morgan fingerprint density at radius 2 is 1.87 bits per heavy atom. The second-order valence-electron chi connectivity index (χ2n) is 14.8. The maximum absolute atomic E-state index is 13.6. The molecule has 5 rings (SSSR count). The lowest BCUT2D eigenvalue weighted by molar-refractivity contribution is 0.0779. The zero-order valence-electron chi connectivity index (χ0n) is 31.9. The molecular weight excluding hydrogens is 659 g/mol. The van der Waals surface area contributed by atoms with Crippen molar-refractivity contribution in [3.8, 4) is 5.75 Å². The topological polar surface area (TPSA) is 99.6 Å². The van der Waals surface area contributed by atoms with Gasteiger partial charge in [-0.15, -0.1) is 6.58 Å². The van der Waals surface area contributed by atoms with Gasteiger partial charge in [0.2, 0.25) is 0 Å². The lowest BCUT2D eigenvalue weighted by Crippen LogP contribution is -2.42. The summed E-state index contributed by atoms with van der Waals surface area (Å²) in [4.78, 5) is 24.2. The summed E-state index contributed by atoms with van der Waals surface area (Å²) in [7, 11) is 1.81. The van der Waals surface area contributed by atoms with Gasteiger partial charge in [0, 0.05) is 72.3 Å². The fraction of sp³-hybridized carbons (Fsp3) is 0.356. The molecule has 278 valence electrons. The lowest BCUT2D eigenvalue weighted by Gasteiger charge is -2.37. The summed E-state index contributed by atoms with van der Waals surface area (Å²) in [6, 6.07) is 16.2. The average molecular weight is 714 g/mol. The third-order valence-corrected chi connectivity index (χ3v) is 10.5. The Kier molecular flexibility index (Phi) is 12.6. The summed E-state index contributed by atoms with van der Waals surface area (Å²) >= 11 is 0. The number of aryl methyl sites for hydroxylation is 1. The zero-order chi connectivity index (χ0) is 38.3. The molecule has 1 amide bonds. The van der Waals surface area contributed by atoms with Crippen LogP contribution in [0.1, 0.15) is 79.5 Å². The van der Waals surface area contributed by atoms with Crippen molar-refractivity contribution in [1.29, 1.82) is 0 Å². The highest BCUT2D eigenvalue weighted by molar-refractivity contribution is 5.97. The summed E-state index contributed by atoms with van der Waals surface area (Å²) in [6.45, 7) is 24.1. The Morgan fingerprint density at radius 3 is 2.51 bits per heavy atom. The van der Waals surface area contributed by atoms with Gasteiger partial charge in [0.05, 0.1) is 12.1 Å². The van der Waals surface area contributed by atoms with Crippen molar-refractivity contribution in [2.45, 2.75) is 89.5 Å². The third kappa shape index (κ3) is 9.24. The van der Waals surface area contributed by atoms with Crippen LogP contribution in [0, 0.1) is 12.8 Å².